The van der Waals surface area contributed by atoms with Crippen molar-refractivity contribution in [1.29, 1.82) is 0 Å². The molecule has 0 saturated carbocycles. The highest BCUT2D eigenvalue weighted by Gasteiger charge is 1.85. The van der Waals surface area contributed by atoms with Crippen LogP contribution in [-0.4, -0.2) is 11.5 Å². The molecule has 0 radical (unpaired) electrons. The van der Waals surface area contributed by atoms with Gasteiger partial charge in [0.1, 0.15) is 0 Å². The molecule has 2 heteroatoms. The third-order valence-corrected chi connectivity index (χ3v) is 1.35. The summed E-state index contributed by atoms with van der Waals surface area (Å²) in [6, 6.07) is 0. The van der Waals surface area contributed by atoms with Crippen molar-refractivity contribution in [2.45, 2.75) is 13.3 Å². The van der Waals surface area contributed by atoms with E-state index >= 15 is 0 Å². The first-order valence-electron chi connectivity index (χ1n) is 3.81. The minimum absolute atomic E-state index is 0.762. The third kappa shape index (κ3) is 7.04. The van der Waals surface area contributed by atoms with Gasteiger partial charge in [0.2, 0.25) is 0 Å². The van der Waals surface area contributed by atoms with Crippen LogP contribution >= 0.6 is 12.2 Å². The van der Waals surface area contributed by atoms with Gasteiger partial charge in [-0.1, -0.05) is 36.7 Å². The molecule has 1 N–H and O–H groups in total. The smallest absolute Gasteiger partial charge is 0.0984 e. The Morgan fingerprint density at radius 3 is 3.00 bits per heavy atom. The van der Waals surface area contributed by atoms with E-state index in [2.05, 4.69) is 23.7 Å². The fraction of sp³-hybridized carbons (Fsp3) is 0.300. The van der Waals surface area contributed by atoms with Crippen LogP contribution < -0.4 is 5.32 Å². The number of hydrogen-bond donors (Lipinski definition) is 1. The summed E-state index contributed by atoms with van der Waals surface area (Å²) in [6.07, 6.45) is 6.15. The second kappa shape index (κ2) is 8.03. The summed E-state index contributed by atoms with van der Waals surface area (Å²) >= 11 is 4.96. The molecular formula is C10H13NS. The lowest BCUT2D eigenvalue weighted by atomic mass is 10.4. The Labute approximate surface area is 79.6 Å². The highest BCUT2D eigenvalue weighted by molar-refractivity contribution is 7.80. The maximum absolute atomic E-state index is 4.96. The summed E-state index contributed by atoms with van der Waals surface area (Å²) in [5.74, 6) is 5.68. The molecule has 0 aromatic carbocycles. The van der Waals surface area contributed by atoms with Crippen LogP contribution in [0.1, 0.15) is 13.3 Å². The molecule has 0 saturated heterocycles. The molecule has 0 bridgehead atoms. The lowest BCUT2D eigenvalue weighted by molar-refractivity contribution is 0.919. The van der Waals surface area contributed by atoms with Gasteiger partial charge in [-0.2, -0.15) is 0 Å². The Hall–Kier alpha value is -1.07. The highest BCUT2D eigenvalue weighted by Crippen LogP contribution is 1.78. The molecule has 0 unspecified atom stereocenters. The molecule has 1 nitrogen and oxygen atoms in total. The zero-order valence-corrected chi connectivity index (χ0v) is 8.08. The van der Waals surface area contributed by atoms with Crippen LogP contribution in [0.15, 0.2) is 24.8 Å². The molecule has 0 amide bonds. The number of hydrogen-bond acceptors (Lipinski definition) is 1. The molecule has 0 spiro atoms. The maximum Gasteiger partial charge on any atom is 0.0984 e. The number of nitrogens with one attached hydrogen (secondary N) is 1. The Morgan fingerprint density at radius 1 is 1.67 bits per heavy atom. The van der Waals surface area contributed by atoms with Gasteiger partial charge in [0.25, 0.3) is 0 Å². The van der Waals surface area contributed by atoms with E-state index in [0.29, 0.717) is 0 Å². The minimum Gasteiger partial charge on any atom is -0.375 e. The Morgan fingerprint density at radius 2 is 2.42 bits per heavy atom. The first-order chi connectivity index (χ1) is 5.81. The normalized spacial score (nSPS) is 8.75. The summed E-state index contributed by atoms with van der Waals surface area (Å²) in [5, 5.41) is 3.05. The standard InChI is InChI=1S/C10H13NS/c1-3-5-6-7-9-11-10(12)8-4-2/h3-4,8H,1,7,9H2,2H3,(H,11,12)/b8-4+. The average Bonchev–Trinajstić information content (AvgIpc) is 2.05. The van der Waals surface area contributed by atoms with Gasteiger partial charge >= 0.3 is 0 Å². The van der Waals surface area contributed by atoms with Crippen molar-refractivity contribution in [3.63, 3.8) is 0 Å². The van der Waals surface area contributed by atoms with Crippen molar-refractivity contribution in [3.8, 4) is 11.8 Å². The molecule has 0 aliphatic rings. The quantitative estimate of drug-likeness (QED) is 0.308. The maximum atomic E-state index is 4.96. The minimum atomic E-state index is 0.762. The second-order valence-corrected chi connectivity index (χ2v) is 2.51. The summed E-state index contributed by atoms with van der Waals surface area (Å²) < 4.78 is 0. The Kier molecular flexibility index (Phi) is 7.31. The molecule has 0 aromatic rings. The largest absolute Gasteiger partial charge is 0.375 e. The molecule has 0 rings (SSSR count). The predicted octanol–water partition coefficient (Wildman–Crippen LogP) is 2.06. The highest BCUT2D eigenvalue weighted by atomic mass is 32.1. The van der Waals surface area contributed by atoms with E-state index in [-0.39, 0.29) is 0 Å². The molecule has 64 valence electrons. The van der Waals surface area contributed by atoms with Crippen LogP contribution in [0.5, 0.6) is 0 Å². The Balaban J connectivity index is 3.43. The molecule has 0 aliphatic heterocycles. The zero-order chi connectivity index (χ0) is 9.23. The monoisotopic (exact) mass is 179 g/mol. The first-order valence-corrected chi connectivity index (χ1v) is 4.22. The van der Waals surface area contributed by atoms with Gasteiger partial charge in [-0.05, 0) is 19.1 Å². The van der Waals surface area contributed by atoms with E-state index in [0.717, 1.165) is 18.0 Å². The lowest BCUT2D eigenvalue weighted by Gasteiger charge is -1.98. The SMILES string of the molecule is C=CC#CCCNC(=S)/C=C/C. The molecule has 0 atom stereocenters. The topological polar surface area (TPSA) is 12.0 Å². The van der Waals surface area contributed by atoms with Gasteiger partial charge in [0.05, 0.1) is 4.99 Å². The van der Waals surface area contributed by atoms with Crippen molar-refractivity contribution in [1.82, 2.24) is 5.32 Å². The lowest BCUT2D eigenvalue weighted by Crippen LogP contribution is -2.19. The van der Waals surface area contributed by atoms with E-state index in [1.165, 1.54) is 0 Å². The van der Waals surface area contributed by atoms with Crippen LogP contribution in [0.3, 0.4) is 0 Å². The summed E-state index contributed by atoms with van der Waals surface area (Å²) in [7, 11) is 0. The van der Waals surface area contributed by atoms with Crippen molar-refractivity contribution in [2.24, 2.45) is 0 Å². The summed E-state index contributed by atoms with van der Waals surface area (Å²) in [4.78, 5) is 0.762. The van der Waals surface area contributed by atoms with Crippen molar-refractivity contribution >= 4 is 17.2 Å². The first kappa shape index (κ1) is 10.9. The van der Waals surface area contributed by atoms with E-state index in [1.54, 1.807) is 6.08 Å². The van der Waals surface area contributed by atoms with E-state index < -0.39 is 0 Å². The van der Waals surface area contributed by atoms with Gasteiger partial charge in [-0.15, -0.1) is 0 Å². The van der Waals surface area contributed by atoms with Crippen molar-refractivity contribution < 1.29 is 0 Å². The molecule has 0 aliphatic carbocycles. The van der Waals surface area contributed by atoms with Crippen molar-refractivity contribution in [2.75, 3.05) is 6.54 Å². The third-order valence-electron chi connectivity index (χ3n) is 1.07. The van der Waals surface area contributed by atoms with Gasteiger partial charge in [-0.3, -0.25) is 0 Å². The molecule has 12 heavy (non-hydrogen) atoms. The van der Waals surface area contributed by atoms with E-state index in [4.69, 9.17) is 12.2 Å². The average molecular weight is 179 g/mol. The molecule has 0 aromatic heterocycles. The van der Waals surface area contributed by atoms with Crippen molar-refractivity contribution in [3.05, 3.63) is 24.8 Å². The van der Waals surface area contributed by atoms with Crippen LogP contribution in [0.4, 0.5) is 0 Å². The number of thiocarbonyl (C=S) groups is 1. The zero-order valence-electron chi connectivity index (χ0n) is 7.26. The van der Waals surface area contributed by atoms with E-state index in [9.17, 15) is 0 Å². The van der Waals surface area contributed by atoms with Gasteiger partial charge in [-0.25, -0.2) is 0 Å². The van der Waals surface area contributed by atoms with Crippen LogP contribution in [0, 0.1) is 11.8 Å². The van der Waals surface area contributed by atoms with Crippen LogP contribution in [0.2, 0.25) is 0 Å². The van der Waals surface area contributed by atoms with Gasteiger partial charge < -0.3 is 5.32 Å². The van der Waals surface area contributed by atoms with Gasteiger partial charge in [0, 0.05) is 13.0 Å². The summed E-state index contributed by atoms with van der Waals surface area (Å²) in [5.41, 5.74) is 0. The number of rotatable bonds is 3. The molecule has 0 fully saturated rings. The Bertz CT molecular complexity index is 230. The summed E-state index contributed by atoms with van der Waals surface area (Å²) in [6.45, 7) is 6.22. The van der Waals surface area contributed by atoms with Crippen LogP contribution in [-0.2, 0) is 0 Å². The molecule has 0 heterocycles. The fourth-order valence-electron chi connectivity index (χ4n) is 0.603. The second-order valence-electron chi connectivity index (χ2n) is 2.07. The van der Waals surface area contributed by atoms with Crippen LogP contribution in [0.25, 0.3) is 0 Å². The predicted molar refractivity (Wildman–Crippen MR) is 58.0 cm³/mol. The van der Waals surface area contributed by atoms with E-state index in [1.807, 2.05) is 19.1 Å². The number of allylic oxidation sites excluding steroid dienone is 2. The fourth-order valence-corrected chi connectivity index (χ4v) is 0.841. The van der Waals surface area contributed by atoms with Gasteiger partial charge in [0.15, 0.2) is 0 Å². The molecular weight excluding hydrogens is 166 g/mol.